The number of hydrogen-bond acceptors (Lipinski definition) is 3. The molecule has 120 valence electrons. The van der Waals surface area contributed by atoms with Gasteiger partial charge in [-0.15, -0.1) is 0 Å². The summed E-state index contributed by atoms with van der Waals surface area (Å²) in [7, 11) is 1.82. The van der Waals surface area contributed by atoms with Gasteiger partial charge in [0.25, 0.3) is 0 Å². The summed E-state index contributed by atoms with van der Waals surface area (Å²) in [4.78, 5) is 13.9. The van der Waals surface area contributed by atoms with E-state index in [4.69, 9.17) is 23.2 Å². The van der Waals surface area contributed by atoms with E-state index in [9.17, 15) is 10.1 Å². The molecule has 0 fully saturated rings. The van der Waals surface area contributed by atoms with Crippen LogP contribution in [0.2, 0.25) is 10.0 Å². The van der Waals surface area contributed by atoms with Gasteiger partial charge in [-0.05, 0) is 31.5 Å². The van der Waals surface area contributed by atoms with Gasteiger partial charge in [0.05, 0.1) is 22.7 Å². The number of nitriles is 1. The SMILES string of the molecule is CC(C)[C@@](C)(C#N)NC(=O)CN(C)Cc1cccc(Cl)c1Cl. The highest BCUT2D eigenvalue weighted by atomic mass is 35.5. The highest BCUT2D eigenvalue weighted by Crippen LogP contribution is 2.26. The second kappa shape index (κ2) is 7.82. The number of amides is 1. The van der Waals surface area contributed by atoms with Crippen molar-refractivity contribution >= 4 is 29.1 Å². The fraction of sp³-hybridized carbons (Fsp3) is 0.500. The molecule has 1 rings (SSSR count). The Morgan fingerprint density at radius 2 is 2.09 bits per heavy atom. The average molecular weight is 342 g/mol. The molecule has 0 heterocycles. The molecular weight excluding hydrogens is 321 g/mol. The first-order valence-corrected chi connectivity index (χ1v) is 7.79. The third kappa shape index (κ3) is 4.88. The van der Waals surface area contributed by atoms with Crippen molar-refractivity contribution in [3.05, 3.63) is 33.8 Å². The zero-order valence-electron chi connectivity index (χ0n) is 13.3. The van der Waals surface area contributed by atoms with Gasteiger partial charge in [-0.2, -0.15) is 5.26 Å². The second-order valence-electron chi connectivity index (χ2n) is 5.90. The lowest BCUT2D eigenvalue weighted by Gasteiger charge is -2.28. The smallest absolute Gasteiger partial charge is 0.235 e. The van der Waals surface area contributed by atoms with Crippen LogP contribution in [-0.2, 0) is 11.3 Å². The molecular formula is C16H21Cl2N3O. The Morgan fingerprint density at radius 3 is 2.64 bits per heavy atom. The van der Waals surface area contributed by atoms with Gasteiger partial charge < -0.3 is 5.32 Å². The van der Waals surface area contributed by atoms with Gasteiger partial charge in [0.1, 0.15) is 5.54 Å². The van der Waals surface area contributed by atoms with Crippen LogP contribution < -0.4 is 5.32 Å². The lowest BCUT2D eigenvalue weighted by Crippen LogP contribution is -2.51. The predicted molar refractivity (Wildman–Crippen MR) is 89.8 cm³/mol. The molecule has 0 aliphatic rings. The largest absolute Gasteiger partial charge is 0.337 e. The molecule has 0 aliphatic heterocycles. The Bertz CT molecular complexity index is 583. The monoisotopic (exact) mass is 341 g/mol. The van der Waals surface area contributed by atoms with Crippen LogP contribution in [0.3, 0.4) is 0 Å². The fourth-order valence-electron chi connectivity index (χ4n) is 1.89. The number of rotatable bonds is 6. The quantitative estimate of drug-likeness (QED) is 0.861. The normalized spacial score (nSPS) is 13.8. The van der Waals surface area contributed by atoms with Crippen molar-refractivity contribution in [3.63, 3.8) is 0 Å². The molecule has 1 aromatic rings. The predicted octanol–water partition coefficient (Wildman–Crippen LogP) is 3.48. The molecule has 0 radical (unpaired) electrons. The molecule has 22 heavy (non-hydrogen) atoms. The summed E-state index contributed by atoms with van der Waals surface area (Å²) >= 11 is 12.1. The topological polar surface area (TPSA) is 56.1 Å². The Labute approximate surface area is 142 Å². The van der Waals surface area contributed by atoms with E-state index in [2.05, 4.69) is 11.4 Å². The van der Waals surface area contributed by atoms with Crippen LogP contribution in [-0.4, -0.2) is 29.9 Å². The summed E-state index contributed by atoms with van der Waals surface area (Å²) in [5, 5.41) is 13.0. The molecule has 0 bridgehead atoms. The minimum Gasteiger partial charge on any atom is -0.337 e. The van der Waals surface area contributed by atoms with E-state index in [0.717, 1.165) is 5.56 Å². The van der Waals surface area contributed by atoms with Gasteiger partial charge in [-0.1, -0.05) is 49.2 Å². The molecule has 1 N–H and O–H groups in total. The molecule has 1 aromatic carbocycles. The van der Waals surface area contributed by atoms with Crippen LogP contribution in [0.25, 0.3) is 0 Å². The van der Waals surface area contributed by atoms with Gasteiger partial charge in [0, 0.05) is 6.54 Å². The van der Waals surface area contributed by atoms with Crippen molar-refractivity contribution in [2.45, 2.75) is 32.9 Å². The fourth-order valence-corrected chi connectivity index (χ4v) is 2.27. The van der Waals surface area contributed by atoms with E-state index >= 15 is 0 Å². The van der Waals surface area contributed by atoms with Crippen molar-refractivity contribution in [1.82, 2.24) is 10.2 Å². The van der Waals surface area contributed by atoms with Crippen molar-refractivity contribution in [1.29, 1.82) is 5.26 Å². The lowest BCUT2D eigenvalue weighted by atomic mass is 9.90. The van der Waals surface area contributed by atoms with E-state index in [0.29, 0.717) is 16.6 Å². The Hall–Kier alpha value is -1.28. The second-order valence-corrected chi connectivity index (χ2v) is 6.69. The standard InChI is InChI=1S/C16H21Cl2N3O/c1-11(2)16(3,10-19)20-14(22)9-21(4)8-12-6-5-7-13(17)15(12)18/h5-7,11H,8-9H2,1-4H3,(H,20,22)/t16-/m1/s1. The molecule has 0 aromatic heterocycles. The van der Waals surface area contributed by atoms with Gasteiger partial charge in [0.15, 0.2) is 0 Å². The van der Waals surface area contributed by atoms with Crippen molar-refractivity contribution < 1.29 is 4.79 Å². The van der Waals surface area contributed by atoms with E-state index in [1.807, 2.05) is 37.9 Å². The number of hydrogen-bond donors (Lipinski definition) is 1. The third-order valence-corrected chi connectivity index (χ3v) is 4.53. The zero-order chi connectivity index (χ0) is 16.9. The number of carbonyl (C=O) groups excluding carboxylic acids is 1. The Kier molecular flexibility index (Phi) is 6.67. The average Bonchev–Trinajstić information content (AvgIpc) is 2.43. The minimum atomic E-state index is -0.869. The summed E-state index contributed by atoms with van der Waals surface area (Å²) in [6, 6.07) is 7.58. The van der Waals surface area contributed by atoms with E-state index in [1.165, 1.54) is 0 Å². The van der Waals surface area contributed by atoms with Gasteiger partial charge >= 0.3 is 0 Å². The Balaban J connectivity index is 2.66. The molecule has 0 saturated carbocycles. The molecule has 1 atom stereocenters. The molecule has 1 amide bonds. The number of nitrogens with one attached hydrogen (secondary N) is 1. The Morgan fingerprint density at radius 1 is 1.45 bits per heavy atom. The van der Waals surface area contributed by atoms with E-state index in [1.54, 1.807) is 13.0 Å². The maximum Gasteiger partial charge on any atom is 0.235 e. The molecule has 0 aliphatic carbocycles. The van der Waals surface area contributed by atoms with Crippen LogP contribution in [0, 0.1) is 17.2 Å². The van der Waals surface area contributed by atoms with Crippen molar-refractivity contribution in [2.24, 2.45) is 5.92 Å². The maximum atomic E-state index is 12.1. The first-order valence-electron chi connectivity index (χ1n) is 7.03. The number of halogens is 2. The summed E-state index contributed by atoms with van der Waals surface area (Å²) in [6.07, 6.45) is 0. The molecule has 0 unspecified atom stereocenters. The first kappa shape index (κ1) is 18.8. The third-order valence-electron chi connectivity index (χ3n) is 3.67. The van der Waals surface area contributed by atoms with Gasteiger partial charge in [-0.25, -0.2) is 0 Å². The van der Waals surface area contributed by atoms with Crippen LogP contribution in [0.1, 0.15) is 26.3 Å². The molecule has 0 spiro atoms. The maximum absolute atomic E-state index is 12.1. The summed E-state index contributed by atoms with van der Waals surface area (Å²) in [5.74, 6) is -0.174. The van der Waals surface area contributed by atoms with Crippen molar-refractivity contribution in [3.8, 4) is 6.07 Å². The van der Waals surface area contributed by atoms with Gasteiger partial charge in [-0.3, -0.25) is 9.69 Å². The number of carbonyl (C=O) groups is 1. The first-order chi connectivity index (χ1) is 10.2. The van der Waals surface area contributed by atoms with Crippen LogP contribution >= 0.6 is 23.2 Å². The number of benzene rings is 1. The molecule has 6 heteroatoms. The summed E-state index contributed by atoms with van der Waals surface area (Å²) < 4.78 is 0. The minimum absolute atomic E-state index is 0.0223. The van der Waals surface area contributed by atoms with E-state index < -0.39 is 5.54 Å². The highest BCUT2D eigenvalue weighted by molar-refractivity contribution is 6.42. The zero-order valence-corrected chi connectivity index (χ0v) is 14.8. The van der Waals surface area contributed by atoms with Gasteiger partial charge in [0.2, 0.25) is 5.91 Å². The number of likely N-dealkylation sites (N-methyl/N-ethyl adjacent to an activating group) is 1. The number of nitrogens with zero attached hydrogens (tertiary/aromatic N) is 2. The molecule has 0 saturated heterocycles. The van der Waals surface area contributed by atoms with Crippen molar-refractivity contribution in [2.75, 3.05) is 13.6 Å². The van der Waals surface area contributed by atoms with E-state index in [-0.39, 0.29) is 18.4 Å². The summed E-state index contributed by atoms with van der Waals surface area (Å²) in [5.41, 5.74) is -0.0117. The molecule has 4 nitrogen and oxygen atoms in total. The van der Waals surface area contributed by atoms with Crippen LogP contribution in [0.5, 0.6) is 0 Å². The van der Waals surface area contributed by atoms with Crippen LogP contribution in [0.15, 0.2) is 18.2 Å². The summed E-state index contributed by atoms with van der Waals surface area (Å²) in [6.45, 7) is 6.20. The van der Waals surface area contributed by atoms with Crippen LogP contribution in [0.4, 0.5) is 0 Å². The lowest BCUT2D eigenvalue weighted by molar-refractivity contribution is -0.123. The highest BCUT2D eigenvalue weighted by Gasteiger charge is 2.30.